The number of allylic oxidation sites excluding steroid dienone is 2. The molecule has 2 atom stereocenters. The van der Waals surface area contributed by atoms with Gasteiger partial charge in [-0.25, -0.2) is 0 Å². The van der Waals surface area contributed by atoms with E-state index in [4.69, 9.17) is 5.73 Å². The van der Waals surface area contributed by atoms with Gasteiger partial charge in [0, 0.05) is 16.5 Å². The highest BCUT2D eigenvalue weighted by molar-refractivity contribution is 8.01. The fraction of sp³-hybridized carbons (Fsp3) is 0.174. The fourth-order valence-corrected chi connectivity index (χ4v) is 4.94. The number of nitrogens with one attached hydrogen (secondary N) is 1. The van der Waals surface area contributed by atoms with Crippen LogP contribution in [0.4, 0.5) is 0 Å². The topological polar surface area (TPSA) is 84.7 Å². The highest BCUT2D eigenvalue weighted by Crippen LogP contribution is 2.45. The molecule has 0 aliphatic heterocycles. The minimum atomic E-state index is -0.379. The molecule has 0 radical (unpaired) electrons. The molecule has 2 aromatic heterocycles. The maximum atomic E-state index is 12.0. The Morgan fingerprint density at radius 1 is 1.28 bits per heavy atom. The van der Waals surface area contributed by atoms with Crippen molar-refractivity contribution in [1.82, 2.24) is 15.2 Å². The van der Waals surface area contributed by atoms with Gasteiger partial charge in [-0.3, -0.25) is 14.9 Å². The number of amides is 1. The van der Waals surface area contributed by atoms with Gasteiger partial charge in [0.1, 0.15) is 0 Å². The van der Waals surface area contributed by atoms with Crippen LogP contribution < -0.4 is 5.73 Å². The molecule has 0 saturated heterocycles. The van der Waals surface area contributed by atoms with Crippen LogP contribution in [0.25, 0.3) is 23.1 Å². The predicted molar refractivity (Wildman–Crippen MR) is 119 cm³/mol. The molecule has 29 heavy (non-hydrogen) atoms. The van der Waals surface area contributed by atoms with Gasteiger partial charge in [-0.1, -0.05) is 37.3 Å². The Kier molecular flexibility index (Phi) is 5.36. The molecule has 5 nitrogen and oxygen atoms in total. The van der Waals surface area contributed by atoms with Gasteiger partial charge in [0.2, 0.25) is 5.91 Å². The van der Waals surface area contributed by atoms with Gasteiger partial charge >= 0.3 is 0 Å². The predicted octanol–water partition coefficient (Wildman–Crippen LogP) is 4.60. The molecule has 3 N–H and O–H groups in total. The van der Waals surface area contributed by atoms with E-state index in [1.165, 1.54) is 0 Å². The van der Waals surface area contributed by atoms with Crippen molar-refractivity contribution in [2.24, 2.45) is 11.7 Å². The number of thioether (sulfide) groups is 1. The molecule has 0 spiro atoms. The molecule has 1 aliphatic carbocycles. The zero-order chi connectivity index (χ0) is 20.3. The van der Waals surface area contributed by atoms with E-state index in [-0.39, 0.29) is 16.6 Å². The van der Waals surface area contributed by atoms with E-state index in [2.05, 4.69) is 46.4 Å². The standard InChI is InChI=1S/C23H22N4OS/c1-2-23(13-5-3-8-19(23)22(24)28)29-17-10-11-18-20(26-27-21(18)15-17)12-9-16-7-4-6-14-25-16/h3-15,19H,2H2,1H3,(H2,24,28)(H,26,27)/b12-9+. The van der Waals surface area contributed by atoms with Crippen LogP contribution in [-0.2, 0) is 4.79 Å². The van der Waals surface area contributed by atoms with Gasteiger partial charge in [0.15, 0.2) is 0 Å². The number of carbonyl (C=O) groups is 1. The second-order valence-electron chi connectivity index (χ2n) is 6.94. The summed E-state index contributed by atoms with van der Waals surface area (Å²) in [5, 5.41) is 8.58. The van der Waals surface area contributed by atoms with E-state index in [1.54, 1.807) is 18.0 Å². The molecule has 1 aromatic carbocycles. The molecular weight excluding hydrogens is 380 g/mol. The molecule has 1 aliphatic rings. The van der Waals surface area contributed by atoms with Gasteiger partial charge in [-0.15, -0.1) is 11.8 Å². The summed E-state index contributed by atoms with van der Waals surface area (Å²) in [6.45, 7) is 2.09. The van der Waals surface area contributed by atoms with Crippen LogP contribution in [0.3, 0.4) is 0 Å². The minimum Gasteiger partial charge on any atom is -0.369 e. The summed E-state index contributed by atoms with van der Waals surface area (Å²) in [6.07, 6.45) is 14.3. The number of pyridine rings is 1. The van der Waals surface area contributed by atoms with Gasteiger partial charge in [-0.05, 0) is 48.9 Å². The van der Waals surface area contributed by atoms with E-state index in [9.17, 15) is 4.79 Å². The highest BCUT2D eigenvalue weighted by atomic mass is 32.2. The second-order valence-corrected chi connectivity index (χ2v) is 8.37. The normalized spacial score (nSPS) is 21.2. The van der Waals surface area contributed by atoms with Crippen LogP contribution in [0.5, 0.6) is 0 Å². The summed E-state index contributed by atoms with van der Waals surface area (Å²) in [6, 6.07) is 12.0. The molecule has 3 aromatic rings. The van der Waals surface area contributed by atoms with Crippen molar-refractivity contribution in [2.75, 3.05) is 0 Å². The van der Waals surface area contributed by atoms with Crippen LogP contribution in [0.15, 0.2) is 71.8 Å². The third-order valence-electron chi connectivity index (χ3n) is 5.15. The molecule has 4 rings (SSSR count). The monoisotopic (exact) mass is 402 g/mol. The number of H-pyrrole nitrogens is 1. The van der Waals surface area contributed by atoms with E-state index >= 15 is 0 Å². The molecule has 1 amide bonds. The van der Waals surface area contributed by atoms with Crippen LogP contribution in [-0.4, -0.2) is 25.8 Å². The number of aromatic nitrogens is 3. The number of fused-ring (bicyclic) bond motifs is 1. The molecule has 2 heterocycles. The van der Waals surface area contributed by atoms with Crippen molar-refractivity contribution >= 4 is 40.7 Å². The number of rotatable bonds is 6. The lowest BCUT2D eigenvalue weighted by Crippen LogP contribution is -2.40. The smallest absolute Gasteiger partial charge is 0.226 e. The average Bonchev–Trinajstić information content (AvgIpc) is 3.15. The Balaban J connectivity index is 1.61. The molecular formula is C23H22N4OS. The molecule has 0 bridgehead atoms. The molecule has 0 saturated carbocycles. The fourth-order valence-electron chi connectivity index (χ4n) is 3.57. The van der Waals surface area contributed by atoms with Gasteiger partial charge in [0.25, 0.3) is 0 Å². The number of benzene rings is 1. The first kappa shape index (κ1) is 19.2. The SMILES string of the molecule is CCC1(Sc2ccc3c(/C=C/c4ccccn4)n[nH]c3c2)C=CC=CC1C(N)=O. The van der Waals surface area contributed by atoms with E-state index in [1.807, 2.05) is 48.6 Å². The number of hydrogen-bond acceptors (Lipinski definition) is 4. The number of hydrogen-bond donors (Lipinski definition) is 2. The Morgan fingerprint density at radius 3 is 2.93 bits per heavy atom. The lowest BCUT2D eigenvalue weighted by atomic mass is 9.85. The first-order chi connectivity index (χ1) is 14.1. The van der Waals surface area contributed by atoms with E-state index in [0.29, 0.717) is 0 Å². The van der Waals surface area contributed by atoms with Gasteiger partial charge < -0.3 is 5.73 Å². The van der Waals surface area contributed by atoms with E-state index < -0.39 is 0 Å². The zero-order valence-corrected chi connectivity index (χ0v) is 16.9. The summed E-state index contributed by atoms with van der Waals surface area (Å²) in [4.78, 5) is 17.4. The maximum absolute atomic E-state index is 12.0. The van der Waals surface area contributed by atoms with Gasteiger partial charge in [0.05, 0.1) is 27.6 Å². The van der Waals surface area contributed by atoms with Crippen molar-refractivity contribution < 1.29 is 4.79 Å². The first-order valence-electron chi connectivity index (χ1n) is 9.53. The maximum Gasteiger partial charge on any atom is 0.226 e. The largest absolute Gasteiger partial charge is 0.369 e. The highest BCUT2D eigenvalue weighted by Gasteiger charge is 2.39. The number of nitrogens with zero attached hydrogens (tertiary/aromatic N) is 2. The Morgan fingerprint density at radius 2 is 2.17 bits per heavy atom. The second kappa shape index (κ2) is 8.09. The Hall–Kier alpha value is -3.12. The van der Waals surface area contributed by atoms with E-state index in [0.717, 1.165) is 33.6 Å². The summed E-state index contributed by atoms with van der Waals surface area (Å²) in [7, 11) is 0. The molecule has 6 heteroatoms. The Labute approximate surface area is 173 Å². The average molecular weight is 403 g/mol. The first-order valence-corrected chi connectivity index (χ1v) is 10.3. The van der Waals surface area contributed by atoms with Crippen molar-refractivity contribution in [3.05, 3.63) is 78.3 Å². The third kappa shape index (κ3) is 3.89. The van der Waals surface area contributed by atoms with Crippen molar-refractivity contribution in [1.29, 1.82) is 0 Å². The number of primary amides is 1. The summed E-state index contributed by atoms with van der Waals surface area (Å²) in [5.74, 6) is -0.638. The van der Waals surface area contributed by atoms with Crippen LogP contribution in [0.1, 0.15) is 24.7 Å². The Bertz CT molecular complexity index is 1120. The van der Waals surface area contributed by atoms with Crippen molar-refractivity contribution in [3.63, 3.8) is 0 Å². The molecule has 146 valence electrons. The number of nitrogens with two attached hydrogens (primary N) is 1. The van der Waals surface area contributed by atoms with Crippen LogP contribution in [0, 0.1) is 5.92 Å². The molecule has 0 fully saturated rings. The summed E-state index contributed by atoms with van der Waals surface area (Å²) in [5.41, 5.74) is 8.38. The number of aromatic amines is 1. The third-order valence-corrected chi connectivity index (χ3v) is 6.70. The summed E-state index contributed by atoms with van der Waals surface area (Å²) >= 11 is 1.67. The van der Waals surface area contributed by atoms with Crippen LogP contribution in [0.2, 0.25) is 0 Å². The van der Waals surface area contributed by atoms with Crippen molar-refractivity contribution in [2.45, 2.75) is 23.0 Å². The lowest BCUT2D eigenvalue weighted by molar-refractivity contribution is -0.121. The number of carbonyl (C=O) groups excluding carboxylic acids is 1. The summed E-state index contributed by atoms with van der Waals surface area (Å²) < 4.78 is -0.379. The van der Waals surface area contributed by atoms with Gasteiger partial charge in [-0.2, -0.15) is 5.10 Å². The quantitative estimate of drug-likeness (QED) is 0.631. The lowest BCUT2D eigenvalue weighted by Gasteiger charge is -2.35. The zero-order valence-electron chi connectivity index (χ0n) is 16.1. The van der Waals surface area contributed by atoms with Crippen molar-refractivity contribution in [3.8, 4) is 0 Å². The molecule has 2 unspecified atom stereocenters. The van der Waals surface area contributed by atoms with Crippen LogP contribution >= 0.6 is 11.8 Å². The minimum absolute atomic E-state index is 0.301.